The van der Waals surface area contributed by atoms with Crippen molar-refractivity contribution in [2.75, 3.05) is 19.7 Å². The number of hydrogen-bond donors (Lipinski definition) is 0. The van der Waals surface area contributed by atoms with Gasteiger partial charge in [0.1, 0.15) is 11.3 Å². The third-order valence-electron chi connectivity index (χ3n) is 3.76. The van der Waals surface area contributed by atoms with Crippen molar-refractivity contribution in [3.8, 4) is 0 Å². The number of esters is 1. The van der Waals surface area contributed by atoms with Crippen LogP contribution in [0.25, 0.3) is 0 Å². The van der Waals surface area contributed by atoms with E-state index in [0.29, 0.717) is 25.2 Å². The molecule has 1 saturated heterocycles. The Balaban J connectivity index is 2.03. The quantitative estimate of drug-likeness (QED) is 0.676. The Labute approximate surface area is 95.9 Å². The molecule has 0 N–H and O–H groups in total. The molecule has 0 aromatic rings. The van der Waals surface area contributed by atoms with Crippen LogP contribution in [0.2, 0.25) is 0 Å². The molecule has 4 heteroatoms. The summed E-state index contributed by atoms with van der Waals surface area (Å²) in [5.41, 5.74) is -0.392. The second-order valence-corrected chi connectivity index (χ2v) is 4.63. The van der Waals surface area contributed by atoms with Gasteiger partial charge < -0.3 is 4.74 Å². The first-order valence-electron chi connectivity index (χ1n) is 6.13. The van der Waals surface area contributed by atoms with Crippen molar-refractivity contribution in [2.45, 2.75) is 44.6 Å². The fourth-order valence-electron chi connectivity index (χ4n) is 2.61. The van der Waals surface area contributed by atoms with Gasteiger partial charge in [0.05, 0.1) is 6.61 Å². The van der Waals surface area contributed by atoms with Crippen molar-refractivity contribution in [3.63, 3.8) is 0 Å². The molecule has 2 rings (SSSR count). The van der Waals surface area contributed by atoms with Crippen LogP contribution in [0.3, 0.4) is 0 Å². The summed E-state index contributed by atoms with van der Waals surface area (Å²) in [5.74, 6) is 0.227. The lowest BCUT2D eigenvalue weighted by molar-refractivity contribution is -0.166. The first-order valence-corrected chi connectivity index (χ1v) is 6.13. The molecule has 0 amide bonds. The van der Waals surface area contributed by atoms with Gasteiger partial charge in [-0.3, -0.25) is 14.5 Å². The van der Waals surface area contributed by atoms with Crippen molar-refractivity contribution in [1.29, 1.82) is 0 Å². The molecule has 16 heavy (non-hydrogen) atoms. The van der Waals surface area contributed by atoms with Gasteiger partial charge in [0.2, 0.25) is 0 Å². The fourth-order valence-corrected chi connectivity index (χ4v) is 2.61. The van der Waals surface area contributed by atoms with Crippen LogP contribution < -0.4 is 0 Å². The van der Waals surface area contributed by atoms with E-state index in [1.807, 2.05) is 6.92 Å². The van der Waals surface area contributed by atoms with Crippen molar-refractivity contribution in [1.82, 2.24) is 4.90 Å². The molecule has 2 aliphatic rings. The lowest BCUT2D eigenvalue weighted by atomic mass is 9.74. The van der Waals surface area contributed by atoms with Gasteiger partial charge in [-0.1, -0.05) is 0 Å². The van der Waals surface area contributed by atoms with Crippen molar-refractivity contribution < 1.29 is 14.3 Å². The van der Waals surface area contributed by atoms with Crippen LogP contribution in [0.15, 0.2) is 0 Å². The van der Waals surface area contributed by atoms with E-state index in [1.165, 1.54) is 0 Å². The average Bonchev–Trinajstić information content (AvgIpc) is 2.19. The van der Waals surface area contributed by atoms with E-state index >= 15 is 0 Å². The third-order valence-corrected chi connectivity index (χ3v) is 3.76. The zero-order valence-electron chi connectivity index (χ0n) is 9.83. The zero-order valence-corrected chi connectivity index (χ0v) is 9.83. The van der Waals surface area contributed by atoms with Gasteiger partial charge in [-0.05, 0) is 26.2 Å². The van der Waals surface area contributed by atoms with Gasteiger partial charge in [-0.2, -0.15) is 0 Å². The second-order valence-electron chi connectivity index (χ2n) is 4.63. The average molecular weight is 225 g/mol. The minimum Gasteiger partial charge on any atom is -0.465 e. The molecular weight excluding hydrogens is 206 g/mol. The number of ketones is 1. The standard InChI is InChI=1S/C12H19NO3/c1-2-16-11(15)12(6-3-7-12)13-8-4-10(14)5-9-13/h2-9H2,1H3. The Bertz CT molecular complexity index is 287. The molecule has 0 aromatic heterocycles. The minimum absolute atomic E-state index is 0.0874. The molecule has 1 aliphatic carbocycles. The Morgan fingerprint density at radius 2 is 2.00 bits per heavy atom. The molecule has 0 unspecified atom stereocenters. The summed E-state index contributed by atoms with van der Waals surface area (Å²) in [7, 11) is 0. The van der Waals surface area contributed by atoms with E-state index in [1.54, 1.807) is 0 Å². The molecular formula is C12H19NO3. The second kappa shape index (κ2) is 4.53. The van der Waals surface area contributed by atoms with Gasteiger partial charge in [0, 0.05) is 25.9 Å². The number of carbonyl (C=O) groups is 2. The molecule has 90 valence electrons. The summed E-state index contributed by atoms with van der Waals surface area (Å²) in [6, 6.07) is 0. The smallest absolute Gasteiger partial charge is 0.326 e. The number of nitrogens with zero attached hydrogens (tertiary/aromatic N) is 1. The lowest BCUT2D eigenvalue weighted by Gasteiger charge is -2.48. The molecule has 0 spiro atoms. The van der Waals surface area contributed by atoms with Crippen LogP contribution in [-0.2, 0) is 14.3 Å². The highest BCUT2D eigenvalue weighted by molar-refractivity contribution is 5.83. The molecule has 0 aromatic carbocycles. The van der Waals surface area contributed by atoms with Gasteiger partial charge in [-0.25, -0.2) is 0 Å². The lowest BCUT2D eigenvalue weighted by Crippen LogP contribution is -2.61. The largest absolute Gasteiger partial charge is 0.465 e. The Morgan fingerprint density at radius 1 is 1.38 bits per heavy atom. The normalized spacial score (nSPS) is 24.9. The van der Waals surface area contributed by atoms with Crippen molar-refractivity contribution in [3.05, 3.63) is 0 Å². The van der Waals surface area contributed by atoms with E-state index in [9.17, 15) is 9.59 Å². The Hall–Kier alpha value is -0.900. The van der Waals surface area contributed by atoms with E-state index < -0.39 is 5.54 Å². The highest BCUT2D eigenvalue weighted by Gasteiger charge is 2.50. The van der Waals surface area contributed by atoms with Crippen molar-refractivity contribution in [2.24, 2.45) is 0 Å². The van der Waals surface area contributed by atoms with Gasteiger partial charge >= 0.3 is 5.97 Å². The maximum Gasteiger partial charge on any atom is 0.326 e. The number of Topliss-reactive ketones (excluding diaryl/α,β-unsaturated/α-hetero) is 1. The van der Waals surface area contributed by atoms with Crippen LogP contribution in [0, 0.1) is 0 Å². The van der Waals surface area contributed by atoms with Crippen LogP contribution in [0.4, 0.5) is 0 Å². The first-order chi connectivity index (χ1) is 7.69. The summed E-state index contributed by atoms with van der Waals surface area (Å²) >= 11 is 0. The predicted molar refractivity (Wildman–Crippen MR) is 59.0 cm³/mol. The molecule has 1 aliphatic heterocycles. The molecule has 1 saturated carbocycles. The van der Waals surface area contributed by atoms with E-state index in [4.69, 9.17) is 4.74 Å². The van der Waals surface area contributed by atoms with Crippen LogP contribution in [-0.4, -0.2) is 41.9 Å². The molecule has 4 nitrogen and oxygen atoms in total. The highest BCUT2D eigenvalue weighted by atomic mass is 16.5. The summed E-state index contributed by atoms with van der Waals surface area (Å²) in [6.45, 7) is 3.71. The predicted octanol–water partition coefficient (Wildman–Crippen LogP) is 1.14. The number of rotatable bonds is 3. The number of ether oxygens (including phenoxy) is 1. The number of likely N-dealkylation sites (tertiary alicyclic amines) is 1. The maximum absolute atomic E-state index is 12.0. The summed E-state index contributed by atoms with van der Waals surface area (Å²) in [6.07, 6.45) is 4.03. The van der Waals surface area contributed by atoms with Gasteiger partial charge in [0.15, 0.2) is 0 Å². The Kier molecular flexibility index (Phi) is 3.28. The minimum atomic E-state index is -0.392. The fraction of sp³-hybridized carbons (Fsp3) is 0.833. The summed E-state index contributed by atoms with van der Waals surface area (Å²) in [5, 5.41) is 0. The number of carbonyl (C=O) groups excluding carboxylic acids is 2. The SMILES string of the molecule is CCOC(=O)C1(N2CCC(=O)CC2)CCC1. The van der Waals surface area contributed by atoms with E-state index in [0.717, 1.165) is 32.4 Å². The van der Waals surface area contributed by atoms with Gasteiger partial charge in [0.25, 0.3) is 0 Å². The molecule has 1 heterocycles. The van der Waals surface area contributed by atoms with Crippen LogP contribution >= 0.6 is 0 Å². The number of hydrogen-bond acceptors (Lipinski definition) is 4. The van der Waals surface area contributed by atoms with Gasteiger partial charge in [-0.15, -0.1) is 0 Å². The van der Waals surface area contributed by atoms with Crippen LogP contribution in [0.1, 0.15) is 39.0 Å². The monoisotopic (exact) mass is 225 g/mol. The zero-order chi connectivity index (χ0) is 11.6. The topological polar surface area (TPSA) is 46.6 Å². The molecule has 0 radical (unpaired) electrons. The molecule has 2 fully saturated rings. The number of piperidine rings is 1. The third kappa shape index (κ3) is 1.86. The Morgan fingerprint density at radius 3 is 2.44 bits per heavy atom. The molecule has 0 atom stereocenters. The highest BCUT2D eigenvalue weighted by Crippen LogP contribution is 2.39. The van der Waals surface area contributed by atoms with E-state index in [-0.39, 0.29) is 5.97 Å². The van der Waals surface area contributed by atoms with Crippen LogP contribution in [0.5, 0.6) is 0 Å². The summed E-state index contributed by atoms with van der Waals surface area (Å²) in [4.78, 5) is 25.3. The van der Waals surface area contributed by atoms with Crippen molar-refractivity contribution >= 4 is 11.8 Å². The summed E-state index contributed by atoms with van der Waals surface area (Å²) < 4.78 is 5.16. The first kappa shape index (κ1) is 11.6. The molecule has 0 bridgehead atoms. The van der Waals surface area contributed by atoms with E-state index in [2.05, 4.69) is 4.90 Å². The maximum atomic E-state index is 12.0.